The number of esters is 1. The van der Waals surface area contributed by atoms with Crippen molar-refractivity contribution in [2.45, 2.75) is 6.92 Å². The molecular formula is C12H14O3P+. The molecule has 0 amide bonds. The first-order valence-corrected chi connectivity index (χ1v) is 6.38. The Hall–Kier alpha value is -1.47. The van der Waals surface area contributed by atoms with Gasteiger partial charge in [0.1, 0.15) is 6.61 Å². The molecule has 4 heteroatoms. The van der Waals surface area contributed by atoms with Crippen molar-refractivity contribution in [1.29, 1.82) is 0 Å². The topological polar surface area (TPSA) is 43.4 Å². The summed E-state index contributed by atoms with van der Waals surface area (Å²) in [4.78, 5) is 11.0. The Morgan fingerprint density at radius 2 is 2.00 bits per heavy atom. The van der Waals surface area contributed by atoms with Gasteiger partial charge in [-0.2, -0.15) is 0 Å². The highest BCUT2D eigenvalue weighted by Crippen LogP contribution is 2.18. The fourth-order valence-electron chi connectivity index (χ4n) is 1.07. The molecule has 3 nitrogen and oxygen atoms in total. The lowest BCUT2D eigenvalue weighted by Crippen LogP contribution is -2.09. The van der Waals surface area contributed by atoms with Crippen molar-refractivity contribution >= 4 is 19.1 Å². The first kappa shape index (κ1) is 12.6. The number of carbonyl (C=O) groups excluding carboxylic acids is 1. The van der Waals surface area contributed by atoms with E-state index in [0.29, 0.717) is 11.7 Å². The Kier molecular flexibility index (Phi) is 4.87. The maximum atomic E-state index is 11.7. The Morgan fingerprint density at radius 1 is 1.38 bits per heavy atom. The van der Waals surface area contributed by atoms with Crippen LogP contribution in [0.2, 0.25) is 0 Å². The van der Waals surface area contributed by atoms with Gasteiger partial charge in [0.2, 0.25) is 0 Å². The first-order chi connectivity index (χ1) is 7.61. The third-order valence-corrected chi connectivity index (χ3v) is 3.38. The zero-order chi connectivity index (χ0) is 12.0. The summed E-state index contributed by atoms with van der Waals surface area (Å²) in [6.45, 7) is 5.21. The zero-order valence-electron chi connectivity index (χ0n) is 9.18. The van der Waals surface area contributed by atoms with Crippen LogP contribution in [0.3, 0.4) is 0 Å². The molecule has 0 spiro atoms. The maximum absolute atomic E-state index is 11.7. The molecule has 1 aromatic rings. The second-order valence-corrected chi connectivity index (χ2v) is 5.07. The van der Waals surface area contributed by atoms with Crippen molar-refractivity contribution < 1.29 is 14.1 Å². The summed E-state index contributed by atoms with van der Waals surface area (Å²) in [6, 6.07) is 9.15. The first-order valence-electron chi connectivity index (χ1n) is 4.93. The van der Waals surface area contributed by atoms with Crippen molar-refractivity contribution in [3.05, 3.63) is 42.5 Å². The fourth-order valence-corrected chi connectivity index (χ4v) is 2.09. The van der Waals surface area contributed by atoms with Gasteiger partial charge >= 0.3 is 13.8 Å². The van der Waals surface area contributed by atoms with Crippen LogP contribution in [-0.4, -0.2) is 18.7 Å². The molecule has 16 heavy (non-hydrogen) atoms. The molecule has 0 bridgehead atoms. The van der Waals surface area contributed by atoms with E-state index in [0.717, 1.165) is 5.30 Å². The molecule has 0 aromatic heterocycles. The number of hydrogen-bond donors (Lipinski definition) is 0. The van der Waals surface area contributed by atoms with Crippen LogP contribution in [0.1, 0.15) is 6.92 Å². The van der Waals surface area contributed by atoms with Crippen LogP contribution in [-0.2, 0) is 14.1 Å². The van der Waals surface area contributed by atoms with Crippen molar-refractivity contribution in [1.82, 2.24) is 0 Å². The van der Waals surface area contributed by atoms with Crippen LogP contribution in [0.4, 0.5) is 0 Å². The number of benzene rings is 1. The molecule has 0 aliphatic heterocycles. The lowest BCUT2D eigenvalue weighted by Gasteiger charge is -1.98. The average Bonchev–Trinajstić information content (AvgIpc) is 2.29. The van der Waals surface area contributed by atoms with Gasteiger partial charge in [0.15, 0.2) is 11.5 Å². The van der Waals surface area contributed by atoms with Gasteiger partial charge in [-0.1, -0.05) is 29.3 Å². The molecule has 0 aliphatic rings. The summed E-state index contributed by atoms with van der Waals surface area (Å²) in [5.41, 5.74) is 0.356. The van der Waals surface area contributed by atoms with Gasteiger partial charge in [0, 0.05) is 5.57 Å². The molecule has 0 fully saturated rings. The molecule has 1 rings (SSSR count). The lowest BCUT2D eigenvalue weighted by molar-refractivity contribution is -0.138. The van der Waals surface area contributed by atoms with Gasteiger partial charge < -0.3 is 4.74 Å². The molecule has 1 atom stereocenters. The third-order valence-electron chi connectivity index (χ3n) is 1.92. The highest BCUT2D eigenvalue weighted by molar-refractivity contribution is 7.53. The van der Waals surface area contributed by atoms with E-state index in [2.05, 4.69) is 6.58 Å². The second kappa shape index (κ2) is 6.19. The van der Waals surface area contributed by atoms with Gasteiger partial charge in [-0.05, 0) is 19.1 Å². The van der Waals surface area contributed by atoms with Crippen LogP contribution >= 0.6 is 7.80 Å². The quantitative estimate of drug-likeness (QED) is 0.448. The molecule has 1 aromatic carbocycles. The van der Waals surface area contributed by atoms with E-state index in [-0.39, 0.29) is 6.61 Å². The predicted molar refractivity (Wildman–Crippen MR) is 64.3 cm³/mol. The molecule has 0 heterocycles. The van der Waals surface area contributed by atoms with Gasteiger partial charge in [-0.3, -0.25) is 0 Å². The standard InChI is InChI=1S/C12H14O3P/c1-10(2)12(13)15-8-9-16(14)11-6-4-3-5-7-11/h3-7H,1,8-9H2,2H3/q+1. The highest BCUT2D eigenvalue weighted by atomic mass is 31.1. The van der Waals surface area contributed by atoms with Crippen LogP contribution in [0.25, 0.3) is 0 Å². The molecule has 0 saturated heterocycles. The number of rotatable bonds is 5. The Labute approximate surface area is 95.9 Å². The molecule has 0 saturated carbocycles. The minimum absolute atomic E-state index is 0.162. The second-order valence-electron chi connectivity index (χ2n) is 3.35. The molecule has 0 N–H and O–H groups in total. The average molecular weight is 237 g/mol. The van der Waals surface area contributed by atoms with Gasteiger partial charge in [-0.25, -0.2) is 4.79 Å². The van der Waals surface area contributed by atoms with Gasteiger partial charge in [0.05, 0.1) is 0 Å². The number of ether oxygens (including phenoxy) is 1. The van der Waals surface area contributed by atoms with Crippen molar-refractivity contribution in [2.24, 2.45) is 0 Å². The summed E-state index contributed by atoms with van der Waals surface area (Å²) in [6.07, 6.45) is 0.346. The van der Waals surface area contributed by atoms with E-state index in [1.165, 1.54) is 0 Å². The van der Waals surface area contributed by atoms with Crippen LogP contribution in [0, 0.1) is 0 Å². The van der Waals surface area contributed by atoms with Crippen molar-refractivity contribution in [3.8, 4) is 0 Å². The van der Waals surface area contributed by atoms with E-state index in [1.807, 2.05) is 18.2 Å². The molecule has 0 radical (unpaired) electrons. The van der Waals surface area contributed by atoms with E-state index < -0.39 is 13.8 Å². The van der Waals surface area contributed by atoms with Crippen molar-refractivity contribution in [2.75, 3.05) is 12.8 Å². The summed E-state index contributed by atoms with van der Waals surface area (Å²) in [5.74, 6) is -0.434. The van der Waals surface area contributed by atoms with Crippen molar-refractivity contribution in [3.63, 3.8) is 0 Å². The lowest BCUT2D eigenvalue weighted by atomic mass is 10.4. The molecule has 0 aliphatic carbocycles. The van der Waals surface area contributed by atoms with Crippen LogP contribution in [0.5, 0.6) is 0 Å². The number of hydrogen-bond acceptors (Lipinski definition) is 3. The van der Waals surface area contributed by atoms with E-state index in [4.69, 9.17) is 4.74 Å². The molecule has 84 valence electrons. The normalized spacial score (nSPS) is 10.7. The maximum Gasteiger partial charge on any atom is 0.380 e. The Bertz CT molecular complexity index is 398. The smallest absolute Gasteiger partial charge is 0.380 e. The summed E-state index contributed by atoms with van der Waals surface area (Å²) in [7, 11) is -1.48. The summed E-state index contributed by atoms with van der Waals surface area (Å²) in [5, 5.41) is 0.781. The van der Waals surface area contributed by atoms with Gasteiger partial charge in [-0.15, -0.1) is 0 Å². The molecule has 1 unspecified atom stereocenters. The predicted octanol–water partition coefficient (Wildman–Crippen LogP) is 2.26. The number of carbonyl (C=O) groups is 1. The van der Waals surface area contributed by atoms with E-state index in [9.17, 15) is 9.36 Å². The van der Waals surface area contributed by atoms with E-state index in [1.54, 1.807) is 19.1 Å². The Morgan fingerprint density at radius 3 is 2.56 bits per heavy atom. The molecular weight excluding hydrogens is 223 g/mol. The summed E-state index contributed by atoms with van der Waals surface area (Å²) >= 11 is 0. The largest absolute Gasteiger partial charge is 0.458 e. The van der Waals surface area contributed by atoms with Crippen LogP contribution in [0.15, 0.2) is 42.5 Å². The minimum Gasteiger partial charge on any atom is -0.458 e. The highest BCUT2D eigenvalue weighted by Gasteiger charge is 2.19. The monoisotopic (exact) mass is 237 g/mol. The van der Waals surface area contributed by atoms with Gasteiger partial charge in [0.25, 0.3) is 0 Å². The summed E-state index contributed by atoms with van der Waals surface area (Å²) < 4.78 is 16.6. The SMILES string of the molecule is C=C(C)C(=O)OCC[P+](=O)c1ccccc1. The van der Waals surface area contributed by atoms with E-state index >= 15 is 0 Å². The fraction of sp³-hybridized carbons (Fsp3) is 0.250. The zero-order valence-corrected chi connectivity index (χ0v) is 10.1. The van der Waals surface area contributed by atoms with Crippen LogP contribution < -0.4 is 5.30 Å². The Balaban J connectivity index is 2.37. The third kappa shape index (κ3) is 3.95. The minimum atomic E-state index is -1.48.